The van der Waals surface area contributed by atoms with Crippen molar-refractivity contribution in [2.24, 2.45) is 11.8 Å². The molecule has 0 bridgehead atoms. The molecule has 0 unspecified atom stereocenters. The Morgan fingerprint density at radius 1 is 0.830 bits per heavy atom. The zero-order valence-corrected chi connectivity index (χ0v) is 29.2. The minimum atomic E-state index is -1.73. The Labute approximate surface area is 303 Å². The average molecular weight is 753 g/mol. The SMILES string of the molecule is COc1ccc(C=CC(=O)O[C@@H]2[C@@H](OC(C)=O)[C@H](C)O[C@@H](O[C@H]3[C@@H]4C=CO[C@@H](O[C@@H]5O[C@H](CO)[C@@H](O)[C@H](O)[C@H]5O)[C@@H]4[C@@]4(CO)O[C@@H]34)[C@@H]2OC(C)=O)cc1. The van der Waals surface area contributed by atoms with E-state index in [1.807, 2.05) is 0 Å². The van der Waals surface area contributed by atoms with Gasteiger partial charge in [0, 0.05) is 25.8 Å². The third-order valence-electron chi connectivity index (χ3n) is 10.0. The molecule has 1 aliphatic carbocycles. The predicted octanol–water partition coefficient (Wildman–Crippen LogP) is -1.32. The number of methoxy groups -OCH3 is 1. The molecule has 1 aromatic carbocycles. The number of rotatable bonds is 12. The third-order valence-corrected chi connectivity index (χ3v) is 10.0. The number of carbonyl (C=O) groups excluding carboxylic acids is 3. The molecule has 18 heteroatoms. The summed E-state index contributed by atoms with van der Waals surface area (Å²) in [6.07, 6.45) is -11.7. The molecule has 3 saturated heterocycles. The first-order valence-corrected chi connectivity index (χ1v) is 17.1. The van der Waals surface area contributed by atoms with E-state index < -0.39 is 128 Å². The summed E-state index contributed by atoms with van der Waals surface area (Å²) in [6.45, 7) is 2.66. The molecule has 4 fully saturated rings. The van der Waals surface area contributed by atoms with Crippen molar-refractivity contribution in [3.63, 3.8) is 0 Å². The van der Waals surface area contributed by atoms with Crippen LogP contribution in [0.1, 0.15) is 26.3 Å². The summed E-state index contributed by atoms with van der Waals surface area (Å²) in [5.41, 5.74) is -0.627. The summed E-state index contributed by atoms with van der Waals surface area (Å²) >= 11 is 0. The molecule has 4 aliphatic heterocycles. The molecule has 1 saturated carbocycles. The van der Waals surface area contributed by atoms with Crippen LogP contribution in [-0.2, 0) is 57.0 Å². The van der Waals surface area contributed by atoms with Gasteiger partial charge in [0.25, 0.3) is 0 Å². The molecule has 16 atom stereocenters. The van der Waals surface area contributed by atoms with Crippen molar-refractivity contribution >= 4 is 24.0 Å². The lowest BCUT2D eigenvalue weighted by molar-refractivity contribution is -0.347. The van der Waals surface area contributed by atoms with Crippen LogP contribution in [0.5, 0.6) is 5.75 Å². The van der Waals surface area contributed by atoms with E-state index in [0.29, 0.717) is 11.3 Å². The van der Waals surface area contributed by atoms with Crippen molar-refractivity contribution < 1.29 is 87.3 Å². The minimum absolute atomic E-state index is 0.519. The maximum absolute atomic E-state index is 13.2. The Morgan fingerprint density at radius 2 is 1.53 bits per heavy atom. The fraction of sp³-hybridized carbons (Fsp3) is 0.629. The Balaban J connectivity index is 1.23. The normalized spacial score (nSPS) is 41.5. The predicted molar refractivity (Wildman–Crippen MR) is 173 cm³/mol. The van der Waals surface area contributed by atoms with Crippen molar-refractivity contribution in [2.45, 2.75) is 106 Å². The molecular formula is C35H44O18. The van der Waals surface area contributed by atoms with E-state index in [9.17, 15) is 39.9 Å². The Morgan fingerprint density at radius 3 is 2.17 bits per heavy atom. The first kappa shape index (κ1) is 39.0. The summed E-state index contributed by atoms with van der Waals surface area (Å²) in [5.74, 6) is -3.15. The largest absolute Gasteiger partial charge is 0.497 e. The van der Waals surface area contributed by atoms with Crippen molar-refractivity contribution in [1.82, 2.24) is 0 Å². The van der Waals surface area contributed by atoms with Crippen LogP contribution in [0.4, 0.5) is 0 Å². The van der Waals surface area contributed by atoms with E-state index in [0.717, 1.165) is 19.9 Å². The highest BCUT2D eigenvalue weighted by Crippen LogP contribution is 2.61. The summed E-state index contributed by atoms with van der Waals surface area (Å²) in [6, 6.07) is 6.86. The number of ether oxygens (including phenoxy) is 10. The molecule has 0 radical (unpaired) electrons. The van der Waals surface area contributed by atoms with Gasteiger partial charge in [-0.1, -0.05) is 12.1 Å². The number of benzene rings is 1. The maximum Gasteiger partial charge on any atom is 0.331 e. The van der Waals surface area contributed by atoms with Crippen LogP contribution in [0.15, 0.2) is 42.7 Å². The van der Waals surface area contributed by atoms with Crippen LogP contribution in [0.25, 0.3) is 6.08 Å². The van der Waals surface area contributed by atoms with Crippen molar-refractivity contribution in [2.75, 3.05) is 20.3 Å². The van der Waals surface area contributed by atoms with E-state index >= 15 is 0 Å². The highest BCUT2D eigenvalue weighted by molar-refractivity contribution is 5.87. The van der Waals surface area contributed by atoms with Gasteiger partial charge in [0.1, 0.15) is 41.9 Å². The van der Waals surface area contributed by atoms with E-state index in [2.05, 4.69) is 0 Å². The van der Waals surface area contributed by atoms with Gasteiger partial charge in [-0.15, -0.1) is 0 Å². The molecule has 5 aliphatic rings. The number of epoxide rings is 1. The topological polar surface area (TPSA) is 248 Å². The fourth-order valence-corrected chi connectivity index (χ4v) is 7.41. The molecule has 4 heterocycles. The number of aliphatic hydroxyl groups is 5. The van der Waals surface area contributed by atoms with Crippen molar-refractivity contribution in [1.29, 1.82) is 0 Å². The highest BCUT2D eigenvalue weighted by Gasteiger charge is 2.77. The highest BCUT2D eigenvalue weighted by atomic mass is 16.8. The van der Waals surface area contributed by atoms with Gasteiger partial charge in [-0.3, -0.25) is 9.59 Å². The minimum Gasteiger partial charge on any atom is -0.497 e. The molecule has 0 amide bonds. The standard InChI is InChI=1S/C35H44O18/c1-15-27(47-16(2)38)29(50-22(40)10-7-18-5-8-19(44-4)9-6-18)30(48-17(3)39)34(46-15)51-28-20-11-12-45-32(23(20)35(14-37)31(28)53-35)52-33-26(43)25(42)24(41)21(13-36)49-33/h5-12,15,20-21,23-34,36-37,41-43H,13-14H2,1-4H3/t15-,20+,21+,23+,24+,25-,26+,27-,28-,29+,30+,31-,32-,33-,34-,35+/m0/s1. The number of hydrogen-bond donors (Lipinski definition) is 5. The first-order chi connectivity index (χ1) is 25.3. The van der Waals surface area contributed by atoms with E-state index in [4.69, 9.17) is 47.4 Å². The zero-order valence-electron chi connectivity index (χ0n) is 29.2. The fourth-order valence-electron chi connectivity index (χ4n) is 7.41. The number of hydrogen-bond acceptors (Lipinski definition) is 18. The lowest BCUT2D eigenvalue weighted by atomic mass is 9.85. The van der Waals surface area contributed by atoms with Gasteiger partial charge >= 0.3 is 17.9 Å². The van der Waals surface area contributed by atoms with Gasteiger partial charge in [0.15, 0.2) is 30.9 Å². The Hall–Kier alpha value is -3.69. The van der Waals surface area contributed by atoms with E-state index in [1.54, 1.807) is 37.3 Å². The molecule has 18 nitrogen and oxygen atoms in total. The lowest BCUT2D eigenvalue weighted by Crippen LogP contribution is -2.62. The van der Waals surface area contributed by atoms with Crippen LogP contribution in [0, 0.1) is 11.8 Å². The smallest absolute Gasteiger partial charge is 0.331 e. The first-order valence-electron chi connectivity index (χ1n) is 17.1. The molecule has 53 heavy (non-hydrogen) atoms. The van der Waals surface area contributed by atoms with Crippen LogP contribution >= 0.6 is 0 Å². The van der Waals surface area contributed by atoms with E-state index in [-0.39, 0.29) is 0 Å². The molecule has 5 N–H and O–H groups in total. The molecule has 1 aromatic rings. The number of esters is 3. The van der Waals surface area contributed by atoms with Gasteiger partial charge in [-0.05, 0) is 36.8 Å². The van der Waals surface area contributed by atoms with Crippen LogP contribution in [-0.4, -0.2) is 149 Å². The molecule has 0 spiro atoms. The number of fused-ring (bicyclic) bond motifs is 3. The zero-order chi connectivity index (χ0) is 38.2. The van der Waals surface area contributed by atoms with Gasteiger partial charge in [0.05, 0.1) is 44.7 Å². The second-order valence-electron chi connectivity index (χ2n) is 13.4. The maximum atomic E-state index is 13.2. The van der Waals surface area contributed by atoms with Gasteiger partial charge < -0.3 is 72.9 Å². The second kappa shape index (κ2) is 16.0. The summed E-state index contributed by atoms with van der Waals surface area (Å²) in [5, 5.41) is 51.3. The summed E-state index contributed by atoms with van der Waals surface area (Å²) in [4.78, 5) is 37.8. The molecule has 0 aromatic heterocycles. The molecule has 6 rings (SSSR count). The Kier molecular flexibility index (Phi) is 11.7. The average Bonchev–Trinajstić information content (AvgIpc) is 3.81. The van der Waals surface area contributed by atoms with Crippen LogP contribution in [0.2, 0.25) is 0 Å². The van der Waals surface area contributed by atoms with Crippen molar-refractivity contribution in [3.8, 4) is 5.75 Å². The number of carbonyl (C=O) groups is 3. The van der Waals surface area contributed by atoms with Crippen molar-refractivity contribution in [3.05, 3.63) is 48.2 Å². The number of aliphatic hydroxyl groups excluding tert-OH is 5. The lowest BCUT2D eigenvalue weighted by Gasteiger charge is -2.45. The third kappa shape index (κ3) is 7.79. The van der Waals surface area contributed by atoms with Gasteiger partial charge in [-0.2, -0.15) is 0 Å². The van der Waals surface area contributed by atoms with Gasteiger partial charge in [0.2, 0.25) is 6.29 Å². The monoisotopic (exact) mass is 752 g/mol. The van der Waals surface area contributed by atoms with Crippen LogP contribution < -0.4 is 4.74 Å². The quantitative estimate of drug-likeness (QED) is 0.0719. The molecule has 292 valence electrons. The summed E-state index contributed by atoms with van der Waals surface area (Å²) in [7, 11) is 1.53. The second-order valence-corrected chi connectivity index (χ2v) is 13.4. The molecular weight excluding hydrogens is 708 g/mol. The van der Waals surface area contributed by atoms with Crippen LogP contribution in [0.3, 0.4) is 0 Å². The Bertz CT molecular complexity index is 1530. The van der Waals surface area contributed by atoms with E-state index in [1.165, 1.54) is 19.4 Å². The van der Waals surface area contributed by atoms with Gasteiger partial charge in [-0.25, -0.2) is 4.79 Å². The summed E-state index contributed by atoms with van der Waals surface area (Å²) < 4.78 is 57.9.